The fourth-order valence-corrected chi connectivity index (χ4v) is 2.86. The van der Waals surface area contributed by atoms with Gasteiger partial charge in [-0.25, -0.2) is 0 Å². The molecular weight excluding hydrogens is 372 g/mol. The Morgan fingerprint density at radius 3 is 2.58 bits per heavy atom. The Morgan fingerprint density at radius 2 is 1.92 bits per heavy atom. The number of hydrogen-bond donors (Lipinski definition) is 2. The van der Waals surface area contributed by atoms with Crippen LogP contribution in [-0.2, 0) is 9.59 Å². The van der Waals surface area contributed by atoms with Crippen LogP contribution in [0.15, 0.2) is 64.2 Å². The Bertz CT molecular complexity index is 807. The predicted octanol–water partition coefficient (Wildman–Crippen LogP) is 2.51. The maximum atomic E-state index is 12.4. The topological polar surface area (TPSA) is 87.8 Å². The number of para-hydroxylation sites is 1. The van der Waals surface area contributed by atoms with Crippen molar-refractivity contribution in [1.82, 2.24) is 0 Å². The highest BCUT2D eigenvalue weighted by Gasteiger charge is 2.34. The zero-order chi connectivity index (χ0) is 17.1. The van der Waals surface area contributed by atoms with Crippen LogP contribution in [0, 0.1) is 0 Å². The van der Waals surface area contributed by atoms with Crippen molar-refractivity contribution in [2.24, 2.45) is 10.8 Å². The molecular formula is C17H15BrN4O2. The van der Waals surface area contributed by atoms with Gasteiger partial charge in [-0.3, -0.25) is 14.6 Å². The molecule has 3 rings (SSSR count). The van der Waals surface area contributed by atoms with Gasteiger partial charge in [0, 0.05) is 16.6 Å². The van der Waals surface area contributed by atoms with Crippen LogP contribution in [0.3, 0.4) is 0 Å². The van der Waals surface area contributed by atoms with Crippen molar-refractivity contribution < 1.29 is 9.59 Å². The largest absolute Gasteiger partial charge is 0.368 e. The zero-order valence-electron chi connectivity index (χ0n) is 12.6. The number of anilines is 2. The van der Waals surface area contributed by atoms with E-state index in [2.05, 4.69) is 26.3 Å². The summed E-state index contributed by atoms with van der Waals surface area (Å²) in [5.74, 6) is -0.870. The minimum absolute atomic E-state index is 0.171. The van der Waals surface area contributed by atoms with Gasteiger partial charge in [-0.15, -0.1) is 0 Å². The van der Waals surface area contributed by atoms with Crippen LogP contribution in [-0.4, -0.2) is 23.6 Å². The molecule has 0 aromatic heterocycles. The highest BCUT2D eigenvalue weighted by atomic mass is 79.9. The average molecular weight is 387 g/mol. The van der Waals surface area contributed by atoms with Crippen molar-refractivity contribution in [2.75, 3.05) is 10.3 Å². The molecule has 0 radical (unpaired) electrons. The molecule has 0 bridgehead atoms. The van der Waals surface area contributed by atoms with Crippen LogP contribution >= 0.6 is 15.9 Å². The molecule has 1 unspecified atom stereocenters. The van der Waals surface area contributed by atoms with E-state index in [0.29, 0.717) is 11.4 Å². The summed E-state index contributed by atoms with van der Waals surface area (Å²) in [6.45, 7) is 0. The molecule has 0 aliphatic carbocycles. The van der Waals surface area contributed by atoms with E-state index in [4.69, 9.17) is 5.73 Å². The number of benzene rings is 2. The smallest absolute Gasteiger partial charge is 0.271 e. The van der Waals surface area contributed by atoms with E-state index in [1.54, 1.807) is 12.1 Å². The SMILES string of the molecule is NC(=O)C1CC(C(=O)Nc2cccc(Br)c2)=NN1c1ccccc1. The van der Waals surface area contributed by atoms with Gasteiger partial charge in [0.05, 0.1) is 5.69 Å². The third kappa shape index (κ3) is 3.46. The number of nitrogens with two attached hydrogens (primary N) is 1. The lowest BCUT2D eigenvalue weighted by atomic mass is 10.1. The molecule has 2 aromatic carbocycles. The molecule has 2 aromatic rings. The summed E-state index contributed by atoms with van der Waals surface area (Å²) in [6, 6.07) is 15.7. The molecule has 1 aliphatic heterocycles. The van der Waals surface area contributed by atoms with Gasteiger partial charge in [0.15, 0.2) is 0 Å². The number of amides is 2. The van der Waals surface area contributed by atoms with Gasteiger partial charge in [0.25, 0.3) is 5.91 Å². The quantitative estimate of drug-likeness (QED) is 0.845. The summed E-state index contributed by atoms with van der Waals surface area (Å²) in [6.07, 6.45) is 0.171. The number of carbonyl (C=O) groups excluding carboxylic acids is 2. The van der Waals surface area contributed by atoms with Gasteiger partial charge in [0.1, 0.15) is 11.8 Å². The minimum Gasteiger partial charge on any atom is -0.368 e. The first-order chi connectivity index (χ1) is 11.5. The number of nitrogens with one attached hydrogen (secondary N) is 1. The van der Waals surface area contributed by atoms with Gasteiger partial charge in [-0.2, -0.15) is 5.10 Å². The first kappa shape index (κ1) is 16.2. The highest BCUT2D eigenvalue weighted by Crippen LogP contribution is 2.25. The molecule has 0 fully saturated rings. The second-order valence-corrected chi connectivity index (χ2v) is 6.23. The number of halogens is 1. The van der Waals surface area contributed by atoms with E-state index < -0.39 is 11.9 Å². The van der Waals surface area contributed by atoms with E-state index in [1.165, 1.54) is 5.01 Å². The van der Waals surface area contributed by atoms with Crippen LogP contribution in [0.1, 0.15) is 6.42 Å². The second-order valence-electron chi connectivity index (χ2n) is 5.31. The molecule has 1 atom stereocenters. The van der Waals surface area contributed by atoms with E-state index in [1.807, 2.05) is 42.5 Å². The predicted molar refractivity (Wildman–Crippen MR) is 96.7 cm³/mol. The summed E-state index contributed by atoms with van der Waals surface area (Å²) in [7, 11) is 0. The van der Waals surface area contributed by atoms with E-state index >= 15 is 0 Å². The van der Waals surface area contributed by atoms with E-state index in [9.17, 15) is 9.59 Å². The molecule has 1 aliphatic rings. The Hall–Kier alpha value is -2.67. The monoisotopic (exact) mass is 386 g/mol. The fourth-order valence-electron chi connectivity index (χ4n) is 2.46. The standard InChI is InChI=1S/C17H15BrN4O2/c18-11-5-4-6-12(9-11)20-17(24)14-10-15(16(19)23)22(21-14)13-7-2-1-3-8-13/h1-9,15H,10H2,(H2,19,23)(H,20,24). The molecule has 1 heterocycles. The maximum Gasteiger partial charge on any atom is 0.271 e. The Balaban J connectivity index is 1.82. The molecule has 3 N–H and O–H groups in total. The van der Waals surface area contributed by atoms with E-state index in [0.717, 1.165) is 4.47 Å². The highest BCUT2D eigenvalue weighted by molar-refractivity contribution is 9.10. The Kier molecular flexibility index (Phi) is 4.61. The summed E-state index contributed by atoms with van der Waals surface area (Å²) in [5, 5.41) is 8.58. The number of hydrogen-bond acceptors (Lipinski definition) is 4. The van der Waals surface area contributed by atoms with Gasteiger partial charge in [-0.1, -0.05) is 40.2 Å². The molecule has 0 saturated heterocycles. The van der Waals surface area contributed by atoms with Crippen molar-refractivity contribution in [3.8, 4) is 0 Å². The average Bonchev–Trinajstić information content (AvgIpc) is 3.01. The summed E-state index contributed by atoms with van der Waals surface area (Å²) in [5.41, 5.74) is 7.09. The molecule has 6 nitrogen and oxygen atoms in total. The van der Waals surface area contributed by atoms with Crippen LogP contribution in [0.25, 0.3) is 0 Å². The first-order valence-corrected chi connectivity index (χ1v) is 8.12. The van der Waals surface area contributed by atoms with Gasteiger partial charge in [0.2, 0.25) is 5.91 Å². The van der Waals surface area contributed by atoms with Crippen LogP contribution < -0.4 is 16.1 Å². The van der Waals surface area contributed by atoms with Gasteiger partial charge < -0.3 is 11.1 Å². The van der Waals surface area contributed by atoms with Crippen LogP contribution in [0.4, 0.5) is 11.4 Å². The molecule has 0 saturated carbocycles. The molecule has 122 valence electrons. The Morgan fingerprint density at radius 1 is 1.17 bits per heavy atom. The molecule has 7 heteroatoms. The molecule has 0 spiro atoms. The summed E-state index contributed by atoms with van der Waals surface area (Å²) in [4.78, 5) is 24.2. The number of primary amides is 1. The van der Waals surface area contributed by atoms with Gasteiger partial charge >= 0.3 is 0 Å². The third-order valence-corrected chi connectivity index (χ3v) is 4.10. The van der Waals surface area contributed by atoms with Crippen molar-refractivity contribution in [3.63, 3.8) is 0 Å². The molecule has 24 heavy (non-hydrogen) atoms. The zero-order valence-corrected chi connectivity index (χ0v) is 14.2. The first-order valence-electron chi connectivity index (χ1n) is 7.32. The third-order valence-electron chi connectivity index (χ3n) is 3.60. The Labute approximate surface area is 147 Å². The summed E-state index contributed by atoms with van der Waals surface area (Å²) < 4.78 is 0.856. The maximum absolute atomic E-state index is 12.4. The number of carbonyl (C=O) groups is 2. The normalized spacial score (nSPS) is 16.6. The lowest BCUT2D eigenvalue weighted by Gasteiger charge is -2.20. The van der Waals surface area contributed by atoms with Crippen LogP contribution in [0.5, 0.6) is 0 Å². The van der Waals surface area contributed by atoms with Gasteiger partial charge in [-0.05, 0) is 30.3 Å². The van der Waals surface area contributed by atoms with Crippen molar-refractivity contribution in [2.45, 2.75) is 12.5 Å². The van der Waals surface area contributed by atoms with Crippen molar-refractivity contribution in [3.05, 3.63) is 59.1 Å². The van der Waals surface area contributed by atoms with Crippen molar-refractivity contribution >= 4 is 44.8 Å². The molecule has 2 amide bonds. The number of rotatable bonds is 4. The second kappa shape index (κ2) is 6.84. The van der Waals surface area contributed by atoms with Crippen LogP contribution in [0.2, 0.25) is 0 Å². The summed E-state index contributed by atoms with van der Waals surface area (Å²) >= 11 is 3.35. The van der Waals surface area contributed by atoms with E-state index in [-0.39, 0.29) is 18.0 Å². The lowest BCUT2D eigenvalue weighted by Crippen LogP contribution is -2.39. The lowest BCUT2D eigenvalue weighted by molar-refractivity contribution is -0.119. The number of nitrogens with zero attached hydrogens (tertiary/aromatic N) is 2. The van der Waals surface area contributed by atoms with Crippen molar-refractivity contribution in [1.29, 1.82) is 0 Å². The minimum atomic E-state index is -0.671. The fraction of sp³-hybridized carbons (Fsp3) is 0.118. The number of hydrazone groups is 1.